The quantitative estimate of drug-likeness (QED) is 0.474. The van der Waals surface area contributed by atoms with Gasteiger partial charge in [-0.05, 0) is 17.4 Å². The maximum atomic E-state index is 4.12. The van der Waals surface area contributed by atoms with E-state index < -0.39 is 0 Å². The third kappa shape index (κ3) is 1.71. The van der Waals surface area contributed by atoms with E-state index in [1.54, 1.807) is 11.9 Å². The zero-order chi connectivity index (χ0) is 6.91. The van der Waals surface area contributed by atoms with Crippen LogP contribution in [0.5, 0.6) is 0 Å². The Kier molecular flexibility index (Phi) is 1.85. The predicted octanol–water partition coefficient (Wildman–Crippen LogP) is 2.38. The van der Waals surface area contributed by atoms with Gasteiger partial charge in [0.05, 0.1) is 0 Å². The van der Waals surface area contributed by atoms with E-state index in [4.69, 9.17) is 0 Å². The van der Waals surface area contributed by atoms with Crippen molar-refractivity contribution in [3.8, 4) is 0 Å². The molecule has 1 aliphatic rings. The highest BCUT2D eigenvalue weighted by molar-refractivity contribution is 7.98. The highest BCUT2D eigenvalue weighted by atomic mass is 32.2. The summed E-state index contributed by atoms with van der Waals surface area (Å²) >= 11 is 1.68. The Balaban J connectivity index is 2.53. The summed E-state index contributed by atoms with van der Waals surface area (Å²) in [6.45, 7) is 6.78. The lowest BCUT2D eigenvalue weighted by atomic mass is 9.83. The fourth-order valence-electron chi connectivity index (χ4n) is 0.756. The van der Waals surface area contributed by atoms with Gasteiger partial charge in [-0.25, -0.2) is 4.40 Å². The molecule has 0 spiro atoms. The van der Waals surface area contributed by atoms with Crippen LogP contribution in [0.3, 0.4) is 0 Å². The van der Waals surface area contributed by atoms with Crippen molar-refractivity contribution in [3.63, 3.8) is 0 Å². The first-order valence-corrected chi connectivity index (χ1v) is 4.20. The van der Waals surface area contributed by atoms with Gasteiger partial charge in [-0.3, -0.25) is 0 Å². The number of hydrogen-bond donors (Lipinski definition) is 0. The Morgan fingerprint density at radius 2 is 2.22 bits per heavy atom. The van der Waals surface area contributed by atoms with Crippen LogP contribution in [0.4, 0.5) is 0 Å². The van der Waals surface area contributed by atoms with Crippen molar-refractivity contribution >= 4 is 18.2 Å². The highest BCUT2D eigenvalue weighted by Gasteiger charge is 2.25. The van der Waals surface area contributed by atoms with E-state index in [1.165, 1.54) is 5.75 Å². The lowest BCUT2D eigenvalue weighted by molar-refractivity contribution is 0.345. The van der Waals surface area contributed by atoms with Crippen LogP contribution in [-0.4, -0.2) is 12.0 Å². The van der Waals surface area contributed by atoms with Crippen molar-refractivity contribution < 1.29 is 0 Å². The molecule has 1 nitrogen and oxygen atoms in total. The summed E-state index contributed by atoms with van der Waals surface area (Å²) in [4.78, 5) is 0. The molecule has 1 unspecified atom stereocenters. The summed E-state index contributed by atoms with van der Waals surface area (Å²) in [6.07, 6.45) is 2.07. The lowest BCUT2D eigenvalue weighted by Crippen LogP contribution is -2.21. The van der Waals surface area contributed by atoms with Gasteiger partial charge in [0.25, 0.3) is 0 Å². The van der Waals surface area contributed by atoms with Gasteiger partial charge < -0.3 is 0 Å². The number of rotatable bonds is 0. The SMILES string of the molecule is CC(C)(C)C1C=NSC1. The third-order valence-electron chi connectivity index (χ3n) is 1.68. The van der Waals surface area contributed by atoms with E-state index in [0.717, 1.165) is 0 Å². The molecule has 0 radical (unpaired) electrons. The molecule has 1 heterocycles. The molecule has 0 fully saturated rings. The standard InChI is InChI=1S/C7H13NS/c1-7(2,3)6-4-8-9-5-6/h4,6H,5H2,1-3H3. The molecule has 0 aromatic heterocycles. The van der Waals surface area contributed by atoms with Crippen LogP contribution in [-0.2, 0) is 0 Å². The minimum Gasteiger partial charge on any atom is -0.229 e. The van der Waals surface area contributed by atoms with Crippen LogP contribution in [0.2, 0.25) is 0 Å². The van der Waals surface area contributed by atoms with Gasteiger partial charge in [0.15, 0.2) is 0 Å². The van der Waals surface area contributed by atoms with Gasteiger partial charge in [-0.1, -0.05) is 20.8 Å². The van der Waals surface area contributed by atoms with Crippen molar-refractivity contribution in [1.82, 2.24) is 0 Å². The van der Waals surface area contributed by atoms with Crippen molar-refractivity contribution in [3.05, 3.63) is 0 Å². The molecule has 0 aromatic rings. The summed E-state index contributed by atoms with van der Waals surface area (Å²) in [7, 11) is 0. The Labute approximate surface area is 61.1 Å². The van der Waals surface area contributed by atoms with Crippen molar-refractivity contribution in [2.75, 3.05) is 5.75 Å². The van der Waals surface area contributed by atoms with Crippen molar-refractivity contribution in [2.45, 2.75) is 20.8 Å². The fourth-order valence-corrected chi connectivity index (χ4v) is 1.82. The molecule has 0 aliphatic carbocycles. The van der Waals surface area contributed by atoms with E-state index in [0.29, 0.717) is 11.3 Å². The van der Waals surface area contributed by atoms with Gasteiger partial charge in [0, 0.05) is 17.9 Å². The molecular weight excluding hydrogens is 130 g/mol. The summed E-state index contributed by atoms with van der Waals surface area (Å²) in [5, 5.41) is 0. The normalized spacial score (nSPS) is 27.2. The molecule has 1 aliphatic heterocycles. The van der Waals surface area contributed by atoms with E-state index in [-0.39, 0.29) is 0 Å². The molecule has 0 bridgehead atoms. The molecule has 0 N–H and O–H groups in total. The molecule has 2 heteroatoms. The summed E-state index contributed by atoms with van der Waals surface area (Å²) < 4.78 is 4.12. The molecule has 9 heavy (non-hydrogen) atoms. The first kappa shape index (κ1) is 7.13. The first-order valence-electron chi connectivity index (χ1n) is 3.26. The Morgan fingerprint density at radius 3 is 2.44 bits per heavy atom. The summed E-state index contributed by atoms with van der Waals surface area (Å²) in [5.41, 5.74) is 0.410. The topological polar surface area (TPSA) is 12.4 Å². The third-order valence-corrected chi connectivity index (χ3v) is 2.46. The zero-order valence-corrected chi connectivity index (χ0v) is 7.03. The Bertz CT molecular complexity index is 123. The van der Waals surface area contributed by atoms with E-state index >= 15 is 0 Å². The Morgan fingerprint density at radius 1 is 1.56 bits per heavy atom. The van der Waals surface area contributed by atoms with E-state index in [1.807, 2.05) is 0 Å². The maximum Gasteiger partial charge on any atom is 0.0236 e. The first-order chi connectivity index (χ1) is 4.11. The van der Waals surface area contributed by atoms with Crippen molar-refractivity contribution in [1.29, 1.82) is 0 Å². The lowest BCUT2D eigenvalue weighted by Gasteiger charge is -2.23. The van der Waals surface area contributed by atoms with E-state index in [2.05, 4.69) is 31.4 Å². The van der Waals surface area contributed by atoms with Crippen LogP contribution in [0, 0.1) is 11.3 Å². The van der Waals surface area contributed by atoms with E-state index in [9.17, 15) is 0 Å². The van der Waals surface area contributed by atoms with Gasteiger partial charge >= 0.3 is 0 Å². The van der Waals surface area contributed by atoms with Crippen LogP contribution < -0.4 is 0 Å². The van der Waals surface area contributed by atoms with Gasteiger partial charge in [-0.15, -0.1) is 0 Å². The zero-order valence-electron chi connectivity index (χ0n) is 6.22. The molecule has 0 amide bonds. The largest absolute Gasteiger partial charge is 0.229 e. The molecular formula is C7H13NS. The molecule has 1 atom stereocenters. The van der Waals surface area contributed by atoms with Gasteiger partial charge in [0.2, 0.25) is 0 Å². The van der Waals surface area contributed by atoms with Crippen LogP contribution >= 0.6 is 11.9 Å². The average Bonchev–Trinajstić information content (AvgIpc) is 2.08. The number of nitrogens with zero attached hydrogens (tertiary/aromatic N) is 1. The monoisotopic (exact) mass is 143 g/mol. The molecule has 1 rings (SSSR count). The summed E-state index contributed by atoms with van der Waals surface area (Å²) in [6, 6.07) is 0. The highest BCUT2D eigenvalue weighted by Crippen LogP contribution is 2.31. The summed E-state index contributed by atoms with van der Waals surface area (Å²) in [5.74, 6) is 1.85. The average molecular weight is 143 g/mol. The van der Waals surface area contributed by atoms with Gasteiger partial charge in [0.1, 0.15) is 0 Å². The fraction of sp³-hybridized carbons (Fsp3) is 0.857. The molecule has 0 saturated heterocycles. The molecule has 52 valence electrons. The second-order valence-electron chi connectivity index (χ2n) is 3.52. The molecule has 0 aromatic carbocycles. The predicted molar refractivity (Wildman–Crippen MR) is 43.9 cm³/mol. The smallest absolute Gasteiger partial charge is 0.0236 e. The van der Waals surface area contributed by atoms with Crippen molar-refractivity contribution in [2.24, 2.45) is 15.7 Å². The van der Waals surface area contributed by atoms with Crippen LogP contribution in [0.1, 0.15) is 20.8 Å². The number of hydrogen-bond acceptors (Lipinski definition) is 2. The maximum absolute atomic E-state index is 4.12. The van der Waals surface area contributed by atoms with Gasteiger partial charge in [-0.2, -0.15) is 0 Å². The minimum atomic E-state index is 0.410. The molecule has 0 saturated carbocycles. The van der Waals surface area contributed by atoms with Crippen LogP contribution in [0.25, 0.3) is 0 Å². The second-order valence-corrected chi connectivity index (χ2v) is 4.33. The minimum absolute atomic E-state index is 0.410. The van der Waals surface area contributed by atoms with Crippen LogP contribution in [0.15, 0.2) is 4.40 Å². The second kappa shape index (κ2) is 2.33. The Hall–Kier alpha value is 0.0200.